The molecular formula is C19H18N4O. The largest absolute Gasteiger partial charge is 0.311 e. The quantitative estimate of drug-likeness (QED) is 0.695. The summed E-state index contributed by atoms with van der Waals surface area (Å²) in [4.78, 5) is 12.5. The summed E-state index contributed by atoms with van der Waals surface area (Å²) in [7, 11) is 0. The number of H-pyrrole nitrogens is 1. The number of aromatic amines is 1. The first-order chi connectivity index (χ1) is 11.8. The zero-order valence-electron chi connectivity index (χ0n) is 13.2. The molecule has 0 saturated heterocycles. The summed E-state index contributed by atoms with van der Waals surface area (Å²) in [6.07, 6.45) is 0.869. The third kappa shape index (κ3) is 2.81. The number of carbonyl (C=O) groups excluding carboxylic acids is 1. The number of fused-ring (bicyclic) bond motifs is 1. The van der Waals surface area contributed by atoms with Crippen LogP contribution in [0.2, 0.25) is 0 Å². The Hall–Kier alpha value is -2.92. The Bertz CT molecular complexity index is 853. The molecule has 1 aliphatic heterocycles. The summed E-state index contributed by atoms with van der Waals surface area (Å²) in [6, 6.07) is 17.7. The van der Waals surface area contributed by atoms with Crippen LogP contribution in [0.3, 0.4) is 0 Å². The topological polar surface area (TPSA) is 69.8 Å². The predicted molar refractivity (Wildman–Crippen MR) is 93.8 cm³/mol. The Morgan fingerprint density at radius 3 is 2.54 bits per heavy atom. The predicted octanol–water partition coefficient (Wildman–Crippen LogP) is 2.97. The van der Waals surface area contributed by atoms with Crippen molar-refractivity contribution in [2.45, 2.75) is 13.0 Å². The summed E-state index contributed by atoms with van der Waals surface area (Å²) in [6.45, 7) is 1.67. The molecule has 1 aliphatic rings. The van der Waals surface area contributed by atoms with E-state index in [0.29, 0.717) is 11.4 Å². The highest BCUT2D eigenvalue weighted by atomic mass is 16.1. The fourth-order valence-corrected chi connectivity index (χ4v) is 2.97. The van der Waals surface area contributed by atoms with Crippen LogP contribution in [0.4, 0.5) is 5.82 Å². The Morgan fingerprint density at radius 1 is 1.00 bits per heavy atom. The van der Waals surface area contributed by atoms with Crippen molar-refractivity contribution in [3.05, 3.63) is 71.4 Å². The van der Waals surface area contributed by atoms with Crippen LogP contribution in [0, 0.1) is 0 Å². The molecule has 1 aromatic heterocycles. The van der Waals surface area contributed by atoms with Gasteiger partial charge >= 0.3 is 0 Å². The Balaban J connectivity index is 1.52. The first kappa shape index (κ1) is 14.7. The van der Waals surface area contributed by atoms with Crippen LogP contribution in [0.25, 0.3) is 11.1 Å². The molecule has 120 valence electrons. The first-order valence-electron chi connectivity index (χ1n) is 8.05. The Labute approximate surface area is 140 Å². The molecule has 3 aromatic rings. The first-order valence-corrected chi connectivity index (χ1v) is 8.05. The van der Waals surface area contributed by atoms with Crippen LogP contribution in [-0.4, -0.2) is 22.6 Å². The second-order valence-corrected chi connectivity index (χ2v) is 5.85. The average Bonchev–Trinajstić information content (AvgIpc) is 3.06. The molecule has 0 fully saturated rings. The molecule has 24 heavy (non-hydrogen) atoms. The van der Waals surface area contributed by atoms with Gasteiger partial charge in [-0.15, -0.1) is 0 Å². The number of rotatable bonds is 3. The highest BCUT2D eigenvalue weighted by Gasteiger charge is 2.18. The molecule has 0 saturated carbocycles. The van der Waals surface area contributed by atoms with Gasteiger partial charge in [0.1, 0.15) is 0 Å². The number of carbonyl (C=O) groups is 1. The van der Waals surface area contributed by atoms with Crippen molar-refractivity contribution in [2.24, 2.45) is 0 Å². The standard InChI is InChI=1S/C19H18N4O/c24-19(21-18-16-10-11-20-12-17(16)22-23-18)15-8-6-14(7-9-15)13-4-2-1-3-5-13/h1-9,20H,10-12H2,(H2,21,22,23,24). The van der Waals surface area contributed by atoms with Crippen molar-refractivity contribution < 1.29 is 4.79 Å². The van der Waals surface area contributed by atoms with E-state index in [2.05, 4.69) is 33.0 Å². The van der Waals surface area contributed by atoms with Crippen LogP contribution in [0.15, 0.2) is 54.6 Å². The van der Waals surface area contributed by atoms with Crippen LogP contribution in [0.1, 0.15) is 21.6 Å². The maximum absolute atomic E-state index is 12.5. The monoisotopic (exact) mass is 318 g/mol. The molecule has 0 radical (unpaired) electrons. The van der Waals surface area contributed by atoms with E-state index < -0.39 is 0 Å². The molecule has 0 unspecified atom stereocenters. The van der Waals surface area contributed by atoms with Crippen LogP contribution in [0.5, 0.6) is 0 Å². The maximum Gasteiger partial charge on any atom is 0.256 e. The second kappa shape index (κ2) is 6.29. The van der Waals surface area contributed by atoms with E-state index in [1.54, 1.807) is 0 Å². The minimum atomic E-state index is -0.137. The summed E-state index contributed by atoms with van der Waals surface area (Å²) in [5, 5.41) is 13.4. The normalized spacial score (nSPS) is 13.3. The molecule has 3 N–H and O–H groups in total. The van der Waals surface area contributed by atoms with Gasteiger partial charge in [0.15, 0.2) is 5.82 Å². The van der Waals surface area contributed by atoms with Crippen molar-refractivity contribution in [2.75, 3.05) is 11.9 Å². The number of nitrogens with one attached hydrogen (secondary N) is 3. The van der Waals surface area contributed by atoms with Gasteiger partial charge in [-0.1, -0.05) is 42.5 Å². The van der Waals surface area contributed by atoms with Gasteiger partial charge in [-0.05, 0) is 36.2 Å². The summed E-state index contributed by atoms with van der Waals surface area (Å²) < 4.78 is 0. The molecule has 0 bridgehead atoms. The number of nitrogens with zero attached hydrogens (tertiary/aromatic N) is 1. The van der Waals surface area contributed by atoms with E-state index in [0.717, 1.165) is 41.9 Å². The van der Waals surface area contributed by atoms with Crippen LogP contribution in [-0.2, 0) is 13.0 Å². The van der Waals surface area contributed by atoms with Gasteiger partial charge in [-0.2, -0.15) is 5.10 Å². The molecular weight excluding hydrogens is 300 g/mol. The maximum atomic E-state index is 12.5. The molecule has 0 spiro atoms. The number of hydrogen-bond acceptors (Lipinski definition) is 3. The van der Waals surface area contributed by atoms with E-state index in [1.807, 2.05) is 42.5 Å². The lowest BCUT2D eigenvalue weighted by atomic mass is 10.0. The third-order valence-corrected chi connectivity index (χ3v) is 4.29. The van der Waals surface area contributed by atoms with E-state index in [9.17, 15) is 4.79 Å². The van der Waals surface area contributed by atoms with E-state index >= 15 is 0 Å². The lowest BCUT2D eigenvalue weighted by molar-refractivity contribution is 0.102. The zero-order valence-corrected chi connectivity index (χ0v) is 13.2. The van der Waals surface area contributed by atoms with Gasteiger partial charge in [0.2, 0.25) is 0 Å². The molecule has 5 nitrogen and oxygen atoms in total. The Morgan fingerprint density at radius 2 is 1.75 bits per heavy atom. The summed E-state index contributed by atoms with van der Waals surface area (Å²) in [5.41, 5.74) is 5.01. The Kier molecular flexibility index (Phi) is 3.84. The lowest BCUT2D eigenvalue weighted by Gasteiger charge is -2.13. The van der Waals surface area contributed by atoms with Crippen molar-refractivity contribution in [3.63, 3.8) is 0 Å². The SMILES string of the molecule is O=C(Nc1n[nH]c2c1CCNC2)c1ccc(-c2ccccc2)cc1. The van der Waals surface area contributed by atoms with Crippen LogP contribution < -0.4 is 10.6 Å². The van der Waals surface area contributed by atoms with Crippen LogP contribution >= 0.6 is 0 Å². The van der Waals surface area contributed by atoms with Gasteiger partial charge in [0.05, 0.1) is 5.69 Å². The highest BCUT2D eigenvalue weighted by molar-refractivity contribution is 6.04. The van der Waals surface area contributed by atoms with Gasteiger partial charge < -0.3 is 10.6 Å². The average molecular weight is 318 g/mol. The lowest BCUT2D eigenvalue weighted by Crippen LogP contribution is -2.24. The van der Waals surface area contributed by atoms with E-state index in [4.69, 9.17) is 0 Å². The molecule has 1 amide bonds. The smallest absolute Gasteiger partial charge is 0.256 e. The minimum Gasteiger partial charge on any atom is -0.311 e. The minimum absolute atomic E-state index is 0.137. The van der Waals surface area contributed by atoms with Gasteiger partial charge in [-0.25, -0.2) is 0 Å². The third-order valence-electron chi connectivity index (χ3n) is 4.29. The highest BCUT2D eigenvalue weighted by Crippen LogP contribution is 2.22. The zero-order chi connectivity index (χ0) is 16.4. The fourth-order valence-electron chi connectivity index (χ4n) is 2.97. The van der Waals surface area contributed by atoms with Gasteiger partial charge in [0.25, 0.3) is 5.91 Å². The number of hydrogen-bond donors (Lipinski definition) is 3. The molecule has 0 atom stereocenters. The molecule has 0 aliphatic carbocycles. The summed E-state index contributed by atoms with van der Waals surface area (Å²) in [5.74, 6) is 0.506. The van der Waals surface area contributed by atoms with Crippen molar-refractivity contribution in [1.29, 1.82) is 0 Å². The number of aromatic nitrogens is 2. The van der Waals surface area contributed by atoms with Crippen molar-refractivity contribution >= 4 is 11.7 Å². The number of anilines is 1. The van der Waals surface area contributed by atoms with Crippen molar-refractivity contribution in [3.8, 4) is 11.1 Å². The fraction of sp³-hybridized carbons (Fsp3) is 0.158. The number of benzene rings is 2. The van der Waals surface area contributed by atoms with Gasteiger partial charge in [0, 0.05) is 17.7 Å². The molecule has 2 aromatic carbocycles. The summed E-state index contributed by atoms with van der Waals surface area (Å²) >= 11 is 0. The van der Waals surface area contributed by atoms with Gasteiger partial charge in [-0.3, -0.25) is 9.89 Å². The molecule has 2 heterocycles. The van der Waals surface area contributed by atoms with Crippen molar-refractivity contribution in [1.82, 2.24) is 15.5 Å². The van der Waals surface area contributed by atoms with E-state index in [-0.39, 0.29) is 5.91 Å². The van der Waals surface area contributed by atoms with E-state index in [1.165, 1.54) is 0 Å². The number of amides is 1. The molecule has 4 rings (SSSR count). The second-order valence-electron chi connectivity index (χ2n) is 5.85. The molecule has 5 heteroatoms.